The van der Waals surface area contributed by atoms with E-state index in [0.29, 0.717) is 0 Å². The summed E-state index contributed by atoms with van der Waals surface area (Å²) in [6.45, 7) is 0. The maximum absolute atomic E-state index is 4.01. The van der Waals surface area contributed by atoms with Crippen LogP contribution in [0.15, 0.2) is 12.7 Å². The van der Waals surface area contributed by atoms with Crippen molar-refractivity contribution in [1.29, 1.82) is 0 Å². The van der Waals surface area contributed by atoms with Crippen LogP contribution in [-0.4, -0.2) is 38.6 Å². The van der Waals surface area contributed by atoms with Crippen LogP contribution in [0.5, 0.6) is 0 Å². The van der Waals surface area contributed by atoms with Gasteiger partial charge in [-0.05, 0) is 0 Å². The maximum Gasteiger partial charge on any atom is 0.272 e. The highest BCUT2D eigenvalue weighted by Crippen LogP contribution is 1.95. The second kappa shape index (κ2) is 1.94. The Morgan fingerprint density at radius 3 is 2.91 bits per heavy atom. The largest absolute Gasteiger partial charge is 0.315 e. The van der Waals surface area contributed by atoms with Crippen LogP contribution < -0.4 is 5.01 Å². The zero-order chi connectivity index (χ0) is 7.84. The average Bonchev–Trinajstić information content (AvgIpc) is 2.41. The van der Waals surface area contributed by atoms with Crippen LogP contribution in [-0.2, 0) is 0 Å². The molecule has 11 heavy (non-hydrogen) atoms. The summed E-state index contributed by atoms with van der Waals surface area (Å²) in [5.41, 5.74) is 0. The molecular weight excluding hydrogens is 144 g/mol. The van der Waals surface area contributed by atoms with Crippen molar-refractivity contribution in [1.82, 2.24) is 24.5 Å². The van der Waals surface area contributed by atoms with E-state index in [1.807, 2.05) is 19.1 Å². The SMILES string of the molecule is CN(C)n1cnn2cnnc12. The summed E-state index contributed by atoms with van der Waals surface area (Å²) in [6, 6.07) is 0. The van der Waals surface area contributed by atoms with Crippen molar-refractivity contribution in [3.05, 3.63) is 12.7 Å². The first-order valence-corrected chi connectivity index (χ1v) is 3.20. The molecule has 0 bridgehead atoms. The van der Waals surface area contributed by atoms with Crippen LogP contribution in [0.25, 0.3) is 5.78 Å². The summed E-state index contributed by atoms with van der Waals surface area (Å²) in [6.07, 6.45) is 3.25. The van der Waals surface area contributed by atoms with Gasteiger partial charge in [-0.2, -0.15) is 9.61 Å². The van der Waals surface area contributed by atoms with Crippen LogP contribution in [0.3, 0.4) is 0 Å². The summed E-state index contributed by atoms with van der Waals surface area (Å²) >= 11 is 0. The van der Waals surface area contributed by atoms with Crippen LogP contribution in [0.2, 0.25) is 0 Å². The molecule has 58 valence electrons. The van der Waals surface area contributed by atoms with Gasteiger partial charge in [0.15, 0.2) is 0 Å². The molecule has 0 radical (unpaired) electrons. The first kappa shape index (κ1) is 6.14. The fourth-order valence-electron chi connectivity index (χ4n) is 0.894. The minimum absolute atomic E-state index is 0.718. The van der Waals surface area contributed by atoms with E-state index in [0.717, 1.165) is 5.78 Å². The topological polar surface area (TPSA) is 51.2 Å². The summed E-state index contributed by atoms with van der Waals surface area (Å²) < 4.78 is 3.41. The third-order valence-electron chi connectivity index (χ3n) is 1.43. The standard InChI is InChI=1S/C5H8N6/c1-9(2)11-4-7-10-3-6-8-5(10)11/h3-4H,1-2H3. The van der Waals surface area contributed by atoms with Gasteiger partial charge in [0.25, 0.3) is 5.78 Å². The van der Waals surface area contributed by atoms with Gasteiger partial charge in [-0.15, -0.1) is 10.2 Å². The van der Waals surface area contributed by atoms with Crippen molar-refractivity contribution < 1.29 is 0 Å². The Balaban J connectivity index is 2.68. The Kier molecular flexibility index (Phi) is 1.09. The lowest BCUT2D eigenvalue weighted by Crippen LogP contribution is -2.23. The first-order valence-electron chi connectivity index (χ1n) is 3.20. The molecule has 0 fully saturated rings. The van der Waals surface area contributed by atoms with Gasteiger partial charge in [-0.25, -0.2) is 4.68 Å². The molecule has 0 unspecified atom stereocenters. The molecule has 0 aromatic carbocycles. The van der Waals surface area contributed by atoms with Crippen molar-refractivity contribution in [3.63, 3.8) is 0 Å². The van der Waals surface area contributed by atoms with Gasteiger partial charge in [-0.1, -0.05) is 0 Å². The molecule has 0 aliphatic heterocycles. The second-order valence-electron chi connectivity index (χ2n) is 2.40. The number of hydrogen-bond acceptors (Lipinski definition) is 4. The van der Waals surface area contributed by atoms with Gasteiger partial charge >= 0.3 is 0 Å². The van der Waals surface area contributed by atoms with Crippen molar-refractivity contribution in [2.45, 2.75) is 0 Å². The Morgan fingerprint density at radius 1 is 1.36 bits per heavy atom. The van der Waals surface area contributed by atoms with E-state index in [4.69, 9.17) is 0 Å². The molecule has 0 saturated heterocycles. The molecule has 0 aliphatic rings. The Morgan fingerprint density at radius 2 is 2.18 bits per heavy atom. The molecule has 2 aromatic rings. The van der Waals surface area contributed by atoms with Gasteiger partial charge in [0.05, 0.1) is 0 Å². The molecular formula is C5H8N6. The highest BCUT2D eigenvalue weighted by atomic mass is 15.6. The zero-order valence-corrected chi connectivity index (χ0v) is 6.34. The van der Waals surface area contributed by atoms with Gasteiger partial charge in [0, 0.05) is 14.1 Å². The lowest BCUT2D eigenvalue weighted by atomic mass is 11.0. The Bertz CT molecular complexity index is 358. The maximum atomic E-state index is 4.01. The monoisotopic (exact) mass is 152 g/mol. The first-order chi connectivity index (χ1) is 5.29. The quantitative estimate of drug-likeness (QED) is 0.532. The van der Waals surface area contributed by atoms with E-state index in [1.165, 1.54) is 0 Å². The summed E-state index contributed by atoms with van der Waals surface area (Å²) in [7, 11) is 3.83. The average molecular weight is 152 g/mol. The van der Waals surface area contributed by atoms with Crippen molar-refractivity contribution in [2.75, 3.05) is 19.1 Å². The van der Waals surface area contributed by atoms with E-state index >= 15 is 0 Å². The molecule has 0 saturated carbocycles. The van der Waals surface area contributed by atoms with Crippen molar-refractivity contribution in [3.8, 4) is 0 Å². The fourth-order valence-corrected chi connectivity index (χ4v) is 0.894. The van der Waals surface area contributed by atoms with Crippen LogP contribution >= 0.6 is 0 Å². The molecule has 2 aromatic heterocycles. The summed E-state index contributed by atoms with van der Waals surface area (Å²) in [4.78, 5) is 0. The van der Waals surface area contributed by atoms with E-state index in [-0.39, 0.29) is 0 Å². The number of fused-ring (bicyclic) bond motifs is 1. The molecule has 0 atom stereocenters. The number of hydrogen-bond donors (Lipinski definition) is 0. The summed E-state index contributed by atoms with van der Waals surface area (Å²) in [5, 5.41) is 13.5. The van der Waals surface area contributed by atoms with Crippen LogP contribution in [0, 0.1) is 0 Å². The molecule has 0 amide bonds. The highest BCUT2D eigenvalue weighted by Gasteiger charge is 2.03. The number of rotatable bonds is 1. The van der Waals surface area contributed by atoms with Gasteiger partial charge in [0.2, 0.25) is 0 Å². The van der Waals surface area contributed by atoms with Crippen LogP contribution in [0.4, 0.5) is 0 Å². The number of aromatic nitrogens is 5. The second-order valence-corrected chi connectivity index (χ2v) is 2.40. The van der Waals surface area contributed by atoms with Gasteiger partial charge in [-0.3, -0.25) is 0 Å². The Hall–Kier alpha value is -1.59. The molecule has 0 N–H and O–H groups in total. The molecule has 0 aliphatic carbocycles. The summed E-state index contributed by atoms with van der Waals surface area (Å²) in [5.74, 6) is 0.718. The zero-order valence-electron chi connectivity index (χ0n) is 6.34. The van der Waals surface area contributed by atoms with E-state index < -0.39 is 0 Å². The molecule has 6 heteroatoms. The lowest BCUT2D eigenvalue weighted by Gasteiger charge is -2.10. The van der Waals surface area contributed by atoms with Crippen molar-refractivity contribution in [2.24, 2.45) is 0 Å². The van der Waals surface area contributed by atoms with E-state index in [9.17, 15) is 0 Å². The number of nitrogens with zero attached hydrogens (tertiary/aromatic N) is 6. The highest BCUT2D eigenvalue weighted by molar-refractivity contribution is 5.25. The predicted octanol–water partition coefficient (Wildman–Crippen LogP) is -0.877. The van der Waals surface area contributed by atoms with Gasteiger partial charge < -0.3 is 5.01 Å². The van der Waals surface area contributed by atoms with Crippen molar-refractivity contribution >= 4 is 5.78 Å². The van der Waals surface area contributed by atoms with Gasteiger partial charge in [0.1, 0.15) is 12.7 Å². The molecule has 2 rings (SSSR count). The predicted molar refractivity (Wildman–Crippen MR) is 38.8 cm³/mol. The smallest absolute Gasteiger partial charge is 0.272 e. The molecule has 0 spiro atoms. The molecule has 2 heterocycles. The minimum Gasteiger partial charge on any atom is -0.315 e. The normalized spacial score (nSPS) is 10.7. The van der Waals surface area contributed by atoms with Crippen LogP contribution in [0.1, 0.15) is 0 Å². The third-order valence-corrected chi connectivity index (χ3v) is 1.43. The van der Waals surface area contributed by atoms with E-state index in [2.05, 4.69) is 15.3 Å². The van der Waals surface area contributed by atoms with E-state index in [1.54, 1.807) is 21.8 Å². The lowest BCUT2D eigenvalue weighted by molar-refractivity contribution is 0.741. The fraction of sp³-hybridized carbons (Fsp3) is 0.400. The minimum atomic E-state index is 0.718. The Labute approximate surface area is 63.0 Å². The third kappa shape index (κ3) is 0.754. The molecule has 6 nitrogen and oxygen atoms in total.